The van der Waals surface area contributed by atoms with Gasteiger partial charge in [-0.3, -0.25) is 0 Å². The van der Waals surface area contributed by atoms with Crippen LogP contribution < -0.4 is 5.73 Å². The van der Waals surface area contributed by atoms with Crippen LogP contribution in [0.5, 0.6) is 0 Å². The molecule has 0 spiro atoms. The number of halogens is 1. The molecular formula is C16H13ClN2S2. The van der Waals surface area contributed by atoms with Crippen LogP contribution in [0.2, 0.25) is 5.02 Å². The molecule has 5 heteroatoms. The Labute approximate surface area is 137 Å². The molecule has 0 unspecified atom stereocenters. The maximum absolute atomic E-state index is 5.94. The Kier molecular flexibility index (Phi) is 4.19. The van der Waals surface area contributed by atoms with Crippen molar-refractivity contribution in [1.29, 1.82) is 0 Å². The average molecular weight is 333 g/mol. The molecule has 0 saturated carbocycles. The molecule has 0 aliphatic carbocycles. The van der Waals surface area contributed by atoms with Crippen LogP contribution >= 0.6 is 34.7 Å². The Hall–Kier alpha value is -1.49. The smallest absolute Gasteiger partial charge is 0.181 e. The summed E-state index contributed by atoms with van der Waals surface area (Å²) in [4.78, 5) is 5.64. The largest absolute Gasteiger partial charge is 0.375 e. The third-order valence-electron chi connectivity index (χ3n) is 2.96. The molecule has 2 aromatic carbocycles. The zero-order valence-electron chi connectivity index (χ0n) is 11.3. The van der Waals surface area contributed by atoms with Crippen LogP contribution in [0, 0.1) is 6.92 Å². The first-order valence-corrected chi connectivity index (χ1v) is 8.40. The lowest BCUT2D eigenvalue weighted by Gasteiger charge is -2.03. The van der Waals surface area contributed by atoms with Crippen LogP contribution in [0.3, 0.4) is 0 Å². The monoisotopic (exact) mass is 332 g/mol. The number of benzene rings is 2. The molecule has 1 heterocycles. The fraction of sp³-hybridized carbons (Fsp3) is 0.0625. The lowest BCUT2D eigenvalue weighted by atomic mass is 10.2. The molecule has 0 bridgehead atoms. The summed E-state index contributed by atoms with van der Waals surface area (Å²) in [5.74, 6) is 0. The van der Waals surface area contributed by atoms with E-state index in [9.17, 15) is 0 Å². The second kappa shape index (κ2) is 6.10. The number of thiazole rings is 1. The van der Waals surface area contributed by atoms with Gasteiger partial charge in [0.05, 0.1) is 9.90 Å². The molecule has 2 N–H and O–H groups in total. The van der Waals surface area contributed by atoms with Gasteiger partial charge in [-0.25, -0.2) is 4.98 Å². The van der Waals surface area contributed by atoms with Crippen LogP contribution in [-0.4, -0.2) is 4.98 Å². The first kappa shape index (κ1) is 14.4. The molecule has 0 amide bonds. The molecule has 0 saturated heterocycles. The molecule has 1 aromatic heterocycles. The summed E-state index contributed by atoms with van der Waals surface area (Å²) in [7, 11) is 0. The van der Waals surface area contributed by atoms with Crippen molar-refractivity contribution in [1.82, 2.24) is 4.98 Å². The van der Waals surface area contributed by atoms with Crippen molar-refractivity contribution in [2.45, 2.75) is 16.0 Å². The van der Waals surface area contributed by atoms with Crippen molar-refractivity contribution in [3.05, 3.63) is 59.1 Å². The zero-order chi connectivity index (χ0) is 14.8. The van der Waals surface area contributed by atoms with Gasteiger partial charge in [0.1, 0.15) is 0 Å². The Morgan fingerprint density at radius 3 is 2.38 bits per heavy atom. The molecule has 3 rings (SSSR count). The number of nitrogen functional groups attached to an aromatic ring is 1. The first-order chi connectivity index (χ1) is 10.1. The van der Waals surface area contributed by atoms with Gasteiger partial charge in [0.2, 0.25) is 0 Å². The summed E-state index contributed by atoms with van der Waals surface area (Å²) < 4.78 is 1.10. The number of rotatable bonds is 3. The van der Waals surface area contributed by atoms with Crippen LogP contribution in [-0.2, 0) is 0 Å². The van der Waals surface area contributed by atoms with Crippen molar-refractivity contribution in [3.8, 4) is 11.3 Å². The molecular weight excluding hydrogens is 320 g/mol. The fourth-order valence-electron chi connectivity index (χ4n) is 1.89. The zero-order valence-corrected chi connectivity index (χ0v) is 13.7. The second-order valence-corrected chi connectivity index (χ2v) is 7.42. The van der Waals surface area contributed by atoms with Gasteiger partial charge in [-0.1, -0.05) is 64.5 Å². The predicted octanol–water partition coefficient (Wildman–Crippen LogP) is 5.51. The van der Waals surface area contributed by atoms with E-state index in [0.717, 1.165) is 20.5 Å². The minimum Gasteiger partial charge on any atom is -0.375 e. The highest BCUT2D eigenvalue weighted by Gasteiger charge is 2.13. The Bertz CT molecular complexity index is 749. The number of anilines is 1. The Balaban J connectivity index is 1.95. The molecule has 106 valence electrons. The van der Waals surface area contributed by atoms with Gasteiger partial charge in [-0.05, 0) is 31.2 Å². The summed E-state index contributed by atoms with van der Waals surface area (Å²) in [6.45, 7) is 2.08. The van der Waals surface area contributed by atoms with Gasteiger partial charge in [0, 0.05) is 15.5 Å². The predicted molar refractivity (Wildman–Crippen MR) is 92.3 cm³/mol. The lowest BCUT2D eigenvalue weighted by Crippen LogP contribution is -1.83. The lowest BCUT2D eigenvalue weighted by molar-refractivity contribution is 1.35. The van der Waals surface area contributed by atoms with Crippen LogP contribution in [0.1, 0.15) is 5.56 Å². The number of aryl methyl sites for hydroxylation is 1. The van der Waals surface area contributed by atoms with Crippen molar-refractivity contribution in [2.24, 2.45) is 0 Å². The number of hydrogen-bond acceptors (Lipinski definition) is 4. The number of hydrogen-bond donors (Lipinski definition) is 1. The second-order valence-electron chi connectivity index (χ2n) is 4.61. The van der Waals surface area contributed by atoms with Crippen molar-refractivity contribution >= 4 is 39.8 Å². The summed E-state index contributed by atoms with van der Waals surface area (Å²) in [5, 5.41) is 1.30. The van der Waals surface area contributed by atoms with Gasteiger partial charge < -0.3 is 5.73 Å². The standard InChI is InChI=1S/C16H13ClN2S2/c1-10-2-8-13(9-3-10)20-15-14(19-16(18)21-15)11-4-6-12(17)7-5-11/h2-9H,1H3,(H2,18,19). The molecule has 3 aromatic rings. The molecule has 0 aliphatic rings. The quantitative estimate of drug-likeness (QED) is 0.687. The fourth-order valence-corrected chi connectivity index (χ4v) is 4.07. The highest BCUT2D eigenvalue weighted by atomic mass is 35.5. The Morgan fingerprint density at radius 1 is 1.05 bits per heavy atom. The number of nitrogens with two attached hydrogens (primary N) is 1. The maximum Gasteiger partial charge on any atom is 0.181 e. The van der Waals surface area contributed by atoms with E-state index in [1.54, 1.807) is 11.8 Å². The van der Waals surface area contributed by atoms with E-state index in [4.69, 9.17) is 17.3 Å². The van der Waals surface area contributed by atoms with Crippen LogP contribution in [0.15, 0.2) is 57.6 Å². The van der Waals surface area contributed by atoms with E-state index < -0.39 is 0 Å². The summed E-state index contributed by atoms with van der Waals surface area (Å²) in [6.07, 6.45) is 0. The minimum atomic E-state index is 0.578. The minimum absolute atomic E-state index is 0.578. The third-order valence-corrected chi connectivity index (χ3v) is 5.28. The SMILES string of the molecule is Cc1ccc(Sc2sc(N)nc2-c2ccc(Cl)cc2)cc1. The van der Waals surface area contributed by atoms with E-state index in [0.29, 0.717) is 5.13 Å². The van der Waals surface area contributed by atoms with Crippen LogP contribution in [0.4, 0.5) is 5.13 Å². The van der Waals surface area contributed by atoms with E-state index in [1.165, 1.54) is 21.8 Å². The van der Waals surface area contributed by atoms with E-state index >= 15 is 0 Å². The van der Waals surface area contributed by atoms with Gasteiger partial charge in [0.25, 0.3) is 0 Å². The Morgan fingerprint density at radius 2 is 1.71 bits per heavy atom. The van der Waals surface area contributed by atoms with Gasteiger partial charge in [-0.15, -0.1) is 0 Å². The first-order valence-electron chi connectivity index (χ1n) is 6.38. The van der Waals surface area contributed by atoms with Crippen molar-refractivity contribution in [2.75, 3.05) is 5.73 Å². The van der Waals surface area contributed by atoms with E-state index in [1.807, 2.05) is 24.3 Å². The molecule has 2 nitrogen and oxygen atoms in total. The highest BCUT2D eigenvalue weighted by Crippen LogP contribution is 2.41. The normalized spacial score (nSPS) is 10.8. The summed E-state index contributed by atoms with van der Waals surface area (Å²) >= 11 is 9.14. The highest BCUT2D eigenvalue weighted by molar-refractivity contribution is 8.01. The summed E-state index contributed by atoms with van der Waals surface area (Å²) in [5.41, 5.74) is 9.09. The molecule has 0 aliphatic heterocycles. The molecule has 21 heavy (non-hydrogen) atoms. The number of nitrogens with zero attached hydrogens (tertiary/aromatic N) is 1. The average Bonchev–Trinajstić information content (AvgIpc) is 2.83. The van der Waals surface area contributed by atoms with Gasteiger partial charge in [-0.2, -0.15) is 0 Å². The topological polar surface area (TPSA) is 38.9 Å². The van der Waals surface area contributed by atoms with Crippen LogP contribution in [0.25, 0.3) is 11.3 Å². The molecule has 0 atom stereocenters. The van der Waals surface area contributed by atoms with E-state index in [2.05, 4.69) is 36.2 Å². The van der Waals surface area contributed by atoms with Gasteiger partial charge in [0.15, 0.2) is 5.13 Å². The van der Waals surface area contributed by atoms with Gasteiger partial charge >= 0.3 is 0 Å². The third kappa shape index (κ3) is 3.40. The van der Waals surface area contributed by atoms with E-state index in [-0.39, 0.29) is 0 Å². The summed E-state index contributed by atoms with van der Waals surface area (Å²) in [6, 6.07) is 16.1. The maximum atomic E-state index is 5.94. The molecule has 0 fully saturated rings. The molecule has 0 radical (unpaired) electrons. The van der Waals surface area contributed by atoms with Crippen molar-refractivity contribution < 1.29 is 0 Å². The number of aromatic nitrogens is 1. The van der Waals surface area contributed by atoms with Crippen molar-refractivity contribution in [3.63, 3.8) is 0 Å².